The molecule has 0 aromatic heterocycles. The molecule has 1 aliphatic carbocycles. The topological polar surface area (TPSA) is 352 Å². The molecular formula is C87H104N9O22+. The normalized spacial score (nSPS) is 18.6. The van der Waals surface area contributed by atoms with Crippen LogP contribution in [0.25, 0.3) is 11.1 Å². The highest BCUT2D eigenvalue weighted by Crippen LogP contribution is 2.44. The lowest BCUT2D eigenvalue weighted by molar-refractivity contribution is -0.138. The molecule has 0 saturated carbocycles. The Balaban J connectivity index is 0.479. The number of likely N-dealkylation sites (tertiary alicyclic amines) is 1. The van der Waals surface area contributed by atoms with Gasteiger partial charge in [0.2, 0.25) is 36.3 Å². The summed E-state index contributed by atoms with van der Waals surface area (Å²) in [7, 11) is 3.02. The van der Waals surface area contributed by atoms with E-state index >= 15 is 0 Å². The number of aliphatic hydroxyl groups is 2. The van der Waals surface area contributed by atoms with Crippen molar-refractivity contribution in [3.05, 3.63) is 173 Å². The quantitative estimate of drug-likeness (QED) is 0.0140. The van der Waals surface area contributed by atoms with E-state index in [0.717, 1.165) is 27.2 Å². The average molecular weight is 1630 g/mol. The molecule has 1 fully saturated rings. The molecule has 31 nitrogen and oxygen atoms in total. The molecule has 8 amide bonds. The van der Waals surface area contributed by atoms with Crippen LogP contribution in [0.1, 0.15) is 91.1 Å². The van der Waals surface area contributed by atoms with Gasteiger partial charge >= 0.3 is 0 Å². The number of nitrogens with zero attached hydrogens (tertiary/aromatic N) is 5. The smallest absolute Gasteiger partial charge is 0.260 e. The molecule has 118 heavy (non-hydrogen) atoms. The summed E-state index contributed by atoms with van der Waals surface area (Å²) in [6, 6.07) is 17.2. The number of fused-ring (bicyclic) bond motifs is 5. The predicted octanol–water partition coefficient (Wildman–Crippen LogP) is 8.20. The van der Waals surface area contributed by atoms with Gasteiger partial charge in [-0.15, -0.1) is 0 Å². The first kappa shape index (κ1) is 87.4. The van der Waals surface area contributed by atoms with Crippen LogP contribution in [0.15, 0.2) is 161 Å². The number of carbonyl (C=O) groups is 8. The zero-order valence-corrected chi connectivity index (χ0v) is 67.2. The van der Waals surface area contributed by atoms with Gasteiger partial charge in [-0.3, -0.25) is 53.2 Å². The van der Waals surface area contributed by atoms with E-state index in [-0.39, 0.29) is 119 Å². The predicted molar refractivity (Wildman–Crippen MR) is 439 cm³/mol. The first-order valence-corrected chi connectivity index (χ1v) is 39.7. The van der Waals surface area contributed by atoms with E-state index in [1.54, 1.807) is 91.6 Å². The summed E-state index contributed by atoms with van der Waals surface area (Å²) >= 11 is 0. The number of anilines is 1. The van der Waals surface area contributed by atoms with E-state index < -0.39 is 23.9 Å². The number of benzene rings is 4. The van der Waals surface area contributed by atoms with Crippen molar-refractivity contribution in [2.45, 2.75) is 83.5 Å². The highest BCUT2D eigenvalue weighted by molar-refractivity contribution is 6.14. The van der Waals surface area contributed by atoms with Gasteiger partial charge in [0.05, 0.1) is 161 Å². The summed E-state index contributed by atoms with van der Waals surface area (Å²) in [6.07, 6.45) is 27.2. The molecule has 6 heterocycles. The van der Waals surface area contributed by atoms with Crippen molar-refractivity contribution in [2.24, 2.45) is 15.9 Å². The molecular weight excluding hydrogens is 1520 g/mol. The third-order valence-corrected chi connectivity index (χ3v) is 19.6. The maximum atomic E-state index is 14.2. The van der Waals surface area contributed by atoms with Gasteiger partial charge in [-0.1, -0.05) is 92.8 Å². The average Bonchev–Trinajstić information content (AvgIpc) is 1.60. The van der Waals surface area contributed by atoms with E-state index in [0.29, 0.717) is 186 Å². The van der Waals surface area contributed by atoms with E-state index in [1.807, 2.05) is 91.3 Å². The van der Waals surface area contributed by atoms with Crippen molar-refractivity contribution < 1.29 is 105 Å². The first-order chi connectivity index (χ1) is 57.5. The summed E-state index contributed by atoms with van der Waals surface area (Å²) in [6.45, 7) is 11.9. The van der Waals surface area contributed by atoms with Gasteiger partial charge in [-0.2, -0.15) is 0 Å². The zero-order valence-electron chi connectivity index (χ0n) is 67.2. The number of hydrogen-bond acceptors (Lipinski definition) is 23. The van der Waals surface area contributed by atoms with Crippen molar-refractivity contribution in [3.8, 4) is 34.5 Å². The molecule has 1 unspecified atom stereocenters. The monoisotopic (exact) mass is 1630 g/mol. The van der Waals surface area contributed by atoms with Crippen LogP contribution in [0.3, 0.4) is 0 Å². The number of rotatable bonds is 46. The lowest BCUT2D eigenvalue weighted by Crippen LogP contribution is -2.53. The Kier molecular flexibility index (Phi) is 33.6. The number of aliphatic imine (C=N–C) groups is 2. The van der Waals surface area contributed by atoms with Crippen LogP contribution in [-0.4, -0.2) is 256 Å². The van der Waals surface area contributed by atoms with E-state index in [2.05, 4.69) is 26.0 Å². The molecule has 7 aliphatic rings. The van der Waals surface area contributed by atoms with Crippen LogP contribution in [0, 0.1) is 5.92 Å². The number of carbonyl (C=O) groups excluding carboxylic acids is 8. The molecule has 4 atom stereocenters. The lowest BCUT2D eigenvalue weighted by Gasteiger charge is -2.23. The molecule has 0 spiro atoms. The summed E-state index contributed by atoms with van der Waals surface area (Å²) in [4.78, 5) is 120. The summed E-state index contributed by atoms with van der Waals surface area (Å²) in [5, 5.41) is 11.1. The van der Waals surface area contributed by atoms with E-state index in [9.17, 15) is 38.4 Å². The lowest BCUT2D eigenvalue weighted by atomic mass is 10.0. The Labute approximate surface area is 685 Å². The van der Waals surface area contributed by atoms with Crippen LogP contribution in [0.5, 0.6) is 34.5 Å². The largest absolute Gasteiger partial charge is 0.493 e. The number of imide groups is 1. The van der Waals surface area contributed by atoms with Crippen molar-refractivity contribution in [1.82, 2.24) is 30.7 Å². The highest BCUT2D eigenvalue weighted by Gasteiger charge is 2.38. The van der Waals surface area contributed by atoms with Crippen LogP contribution < -0.4 is 49.7 Å². The molecule has 31 heteroatoms. The second-order valence-corrected chi connectivity index (χ2v) is 28.2. The van der Waals surface area contributed by atoms with Crippen molar-refractivity contribution in [3.63, 3.8) is 0 Å². The fraction of sp³-hybridized carbons (Fsp3) is 0.425. The van der Waals surface area contributed by atoms with E-state index in [1.165, 1.54) is 14.2 Å². The summed E-state index contributed by atoms with van der Waals surface area (Å²) in [5.74, 6) is -0.135. The summed E-state index contributed by atoms with van der Waals surface area (Å²) in [5.41, 5.74) is 6.82. The fourth-order valence-electron chi connectivity index (χ4n) is 13.2. The number of hydrogen-bond donors (Lipinski definition) is 4. The van der Waals surface area contributed by atoms with E-state index in [4.69, 9.17) is 71.6 Å². The minimum atomic E-state index is -0.942. The Morgan fingerprint density at radius 3 is 1.58 bits per heavy atom. The molecule has 5 N–H and O–H groups in total. The van der Waals surface area contributed by atoms with Gasteiger partial charge in [0, 0.05) is 87.0 Å². The van der Waals surface area contributed by atoms with Gasteiger partial charge in [-0.05, 0) is 77.1 Å². The zero-order chi connectivity index (χ0) is 83.0. The maximum Gasteiger partial charge on any atom is 0.260 e. The number of methoxy groups -OCH3 is 2. The molecule has 628 valence electrons. The minimum absolute atomic E-state index is 0.00364. The third kappa shape index (κ3) is 25.1. The Morgan fingerprint density at radius 2 is 1.03 bits per heavy atom. The van der Waals surface area contributed by atoms with Crippen LogP contribution in [-0.2, 0) is 61.9 Å². The second kappa shape index (κ2) is 45.3. The Morgan fingerprint density at radius 1 is 0.525 bits per heavy atom. The summed E-state index contributed by atoms with van der Waals surface area (Å²) < 4.78 is 78.1. The van der Waals surface area contributed by atoms with Gasteiger partial charge in [0.1, 0.15) is 18.7 Å². The number of amides is 8. The van der Waals surface area contributed by atoms with Crippen molar-refractivity contribution in [2.75, 3.05) is 158 Å². The van der Waals surface area contributed by atoms with Gasteiger partial charge in [0.25, 0.3) is 17.7 Å². The number of allylic oxidation sites excluding steroid dienone is 11. The molecule has 0 bridgehead atoms. The van der Waals surface area contributed by atoms with Crippen LogP contribution >= 0.6 is 0 Å². The van der Waals surface area contributed by atoms with Crippen LogP contribution in [0.4, 0.5) is 17.1 Å². The fourth-order valence-corrected chi connectivity index (χ4v) is 13.2. The van der Waals surface area contributed by atoms with Gasteiger partial charge < -0.3 is 97.4 Å². The Bertz CT molecular complexity index is 4500. The molecule has 0 radical (unpaired) electrons. The molecule has 11 rings (SSSR count). The number of ether oxygens (including phenoxy) is 14. The molecule has 4 aromatic carbocycles. The first-order valence-electron chi connectivity index (χ1n) is 39.7. The standard InChI is InChI=1S/C87H103N9O22/c1-58(2)82(93-80(98)24-29-107-31-33-109-35-37-111-39-41-113-43-44-114-42-40-112-38-36-110-34-32-108-30-25-88-79(97)23-26-94-81(99)50-68(85(94)102)61-15-12-10-8-6-7-9-11-13-16-61)84(101)91-59(3)83(100)92-65-20-17-60(18-21-65)63-45-66-53-89-71-51-77(74(105-4)48-69(71)86(103)95(66)55-63)115-27-14-28-116-78-52-72-70(49-75(78)106-5)87(104)96-56-64(46-67(96)54-90-72)62-19-22-73-76(47-62)118-57-117-73/h6-13,15-22,47-49,51-56,58-59,66-67,82H,14,23-46,50,57H2,1-5H3,(H,88,97)(H,91,101)(H,92,100)(H,93,98)/p+1/b7-6-,10-8-,11-9-,15-12-,16-13?,68-61?/t59-,66-,67-,82?/m0/s1. The van der Waals surface area contributed by atoms with Gasteiger partial charge in [0.15, 0.2) is 47.7 Å². The molecule has 4 aromatic rings. The number of nitrogens with one attached hydrogen (secondary N) is 4. The van der Waals surface area contributed by atoms with Gasteiger partial charge in [-0.25, -0.2) is 0 Å². The highest BCUT2D eigenvalue weighted by atomic mass is 16.7. The minimum Gasteiger partial charge on any atom is -0.493 e. The Hall–Kier alpha value is -11.4. The maximum absolute atomic E-state index is 14.2. The SMILES string of the molecule is COc1cc2c(cc1OCCCOc1cc3c(cc1OC)C(=O)N1C=C(c4ccc5c(c4)OCO5)C[C@H]1C=N3)N=C[C@@H]1CC(c3ccc(NC(=O)[C@H](C)NC(=O)C(NC(=O)CC[OH+]CCOCCOCCOCCOCCOCCOCCOCCNC(=O)CCN4C(=O)CC(=C5C=C\C=C/C=C\C=C/C=C\5)C4=O)C(C)C)cc3)=CN1C2=O. The second-order valence-electron chi connectivity index (χ2n) is 28.2. The molecule has 6 aliphatic heterocycles. The van der Waals surface area contributed by atoms with Crippen LogP contribution in [0.2, 0.25) is 0 Å². The van der Waals surface area contributed by atoms with Crippen molar-refractivity contribution in [1.29, 1.82) is 0 Å². The third-order valence-electron chi connectivity index (χ3n) is 19.6. The molecule has 1 saturated heterocycles. The van der Waals surface area contributed by atoms with Crippen molar-refractivity contribution >= 4 is 87.9 Å².